The Labute approximate surface area is 154 Å². The Bertz CT molecular complexity index is 350. The number of hydrogen-bond acceptors (Lipinski definition) is 4. The van der Waals surface area contributed by atoms with Crippen molar-refractivity contribution in [3.05, 3.63) is 12.2 Å². The number of carbonyl (C=O) groups excluding carboxylic acids is 2. The van der Waals surface area contributed by atoms with E-state index in [2.05, 4.69) is 13.8 Å². The summed E-state index contributed by atoms with van der Waals surface area (Å²) in [5.74, 6) is -0.941. The number of hydrogen-bond donors (Lipinski definition) is 0. The zero-order valence-corrected chi connectivity index (χ0v) is 16.4. The Kier molecular flexibility index (Phi) is 18.0. The van der Waals surface area contributed by atoms with Crippen molar-refractivity contribution in [2.45, 2.75) is 97.3 Å². The molecule has 0 aliphatic heterocycles. The maximum Gasteiger partial charge on any atom is 0.331 e. The second-order valence-corrected chi connectivity index (χ2v) is 6.56. The van der Waals surface area contributed by atoms with Crippen LogP contribution >= 0.6 is 0 Å². The molecule has 0 rings (SSSR count). The van der Waals surface area contributed by atoms with Crippen LogP contribution in [0, 0.1) is 0 Å². The molecule has 0 amide bonds. The van der Waals surface area contributed by atoms with Gasteiger partial charge in [0.1, 0.15) is 0 Å². The fraction of sp³-hybridized carbons (Fsp3) is 0.810. The highest BCUT2D eigenvalue weighted by atomic mass is 16.5. The van der Waals surface area contributed by atoms with Crippen LogP contribution in [0.15, 0.2) is 12.2 Å². The van der Waals surface area contributed by atoms with E-state index in [-0.39, 0.29) is 0 Å². The van der Waals surface area contributed by atoms with Crippen LogP contribution in [0.2, 0.25) is 0 Å². The van der Waals surface area contributed by atoms with Gasteiger partial charge in [0.2, 0.25) is 0 Å². The van der Waals surface area contributed by atoms with Crippen molar-refractivity contribution >= 4 is 11.9 Å². The smallest absolute Gasteiger partial charge is 0.331 e. The largest absolute Gasteiger partial charge is 0.463 e. The lowest BCUT2D eigenvalue weighted by atomic mass is 10.1. The highest BCUT2D eigenvalue weighted by molar-refractivity contribution is 5.91. The van der Waals surface area contributed by atoms with Crippen molar-refractivity contribution in [1.29, 1.82) is 0 Å². The molecule has 0 aliphatic rings. The molecule has 146 valence electrons. The topological polar surface area (TPSA) is 52.6 Å². The first kappa shape index (κ1) is 23.7. The third kappa shape index (κ3) is 18.9. The molecule has 0 aliphatic carbocycles. The standard InChI is InChI=1S/C21H38O4/c1-3-5-7-9-11-13-15-19-25-21(23)17-16-20(22)24-18-14-12-10-8-6-4-2/h16-17H,3-15,18-19H2,1-2H3. The van der Waals surface area contributed by atoms with Gasteiger partial charge in [0, 0.05) is 12.2 Å². The fourth-order valence-electron chi connectivity index (χ4n) is 2.52. The summed E-state index contributed by atoms with van der Waals surface area (Å²) in [5.41, 5.74) is 0. The fourth-order valence-corrected chi connectivity index (χ4v) is 2.52. The van der Waals surface area contributed by atoms with Crippen LogP contribution < -0.4 is 0 Å². The van der Waals surface area contributed by atoms with E-state index in [1.165, 1.54) is 57.8 Å². The van der Waals surface area contributed by atoms with Gasteiger partial charge in [0.15, 0.2) is 0 Å². The van der Waals surface area contributed by atoms with E-state index in [9.17, 15) is 9.59 Å². The molecule has 0 fully saturated rings. The van der Waals surface area contributed by atoms with E-state index in [0.29, 0.717) is 13.2 Å². The lowest BCUT2D eigenvalue weighted by molar-refractivity contribution is -0.140. The van der Waals surface area contributed by atoms with Crippen molar-refractivity contribution in [3.63, 3.8) is 0 Å². The predicted molar refractivity (Wildman–Crippen MR) is 102 cm³/mol. The molecule has 0 bridgehead atoms. The van der Waals surface area contributed by atoms with E-state index in [0.717, 1.165) is 37.8 Å². The molecule has 0 spiro atoms. The van der Waals surface area contributed by atoms with Crippen LogP contribution in [-0.2, 0) is 19.1 Å². The minimum absolute atomic E-state index is 0.419. The molecular formula is C21H38O4. The molecule has 25 heavy (non-hydrogen) atoms. The first-order valence-electron chi connectivity index (χ1n) is 10.2. The predicted octanol–water partition coefficient (Wildman–Crippen LogP) is 5.74. The molecule has 4 nitrogen and oxygen atoms in total. The van der Waals surface area contributed by atoms with Crippen LogP contribution in [0.4, 0.5) is 0 Å². The van der Waals surface area contributed by atoms with E-state index >= 15 is 0 Å². The number of carbonyl (C=O) groups is 2. The lowest BCUT2D eigenvalue weighted by Crippen LogP contribution is -2.06. The summed E-state index contributed by atoms with van der Waals surface area (Å²) in [5, 5.41) is 0. The van der Waals surface area contributed by atoms with Crippen molar-refractivity contribution < 1.29 is 19.1 Å². The average Bonchev–Trinajstić information content (AvgIpc) is 2.61. The molecular weight excluding hydrogens is 316 g/mol. The Morgan fingerprint density at radius 2 is 0.880 bits per heavy atom. The molecule has 0 unspecified atom stereocenters. The van der Waals surface area contributed by atoms with Crippen LogP contribution in [0.5, 0.6) is 0 Å². The summed E-state index contributed by atoms with van der Waals surface area (Å²) in [6.07, 6.45) is 17.5. The van der Waals surface area contributed by atoms with Gasteiger partial charge in [-0.2, -0.15) is 0 Å². The van der Waals surface area contributed by atoms with Crippen molar-refractivity contribution in [2.24, 2.45) is 0 Å². The molecule has 0 radical (unpaired) electrons. The van der Waals surface area contributed by atoms with E-state index < -0.39 is 11.9 Å². The monoisotopic (exact) mass is 354 g/mol. The number of esters is 2. The Morgan fingerprint density at radius 3 is 1.24 bits per heavy atom. The summed E-state index contributed by atoms with van der Waals surface area (Å²) < 4.78 is 10.1. The van der Waals surface area contributed by atoms with Crippen LogP contribution in [0.25, 0.3) is 0 Å². The van der Waals surface area contributed by atoms with Crippen molar-refractivity contribution in [2.75, 3.05) is 13.2 Å². The highest BCUT2D eigenvalue weighted by Crippen LogP contribution is 2.07. The third-order valence-electron chi connectivity index (χ3n) is 4.09. The zero-order valence-electron chi connectivity index (χ0n) is 16.4. The number of ether oxygens (including phenoxy) is 2. The van der Waals surface area contributed by atoms with Gasteiger partial charge in [0.05, 0.1) is 13.2 Å². The molecule has 0 N–H and O–H groups in total. The average molecular weight is 355 g/mol. The van der Waals surface area contributed by atoms with Crippen molar-refractivity contribution in [1.82, 2.24) is 0 Å². The number of rotatable bonds is 17. The summed E-state index contributed by atoms with van der Waals surface area (Å²) in [6, 6.07) is 0. The van der Waals surface area contributed by atoms with E-state index in [4.69, 9.17) is 9.47 Å². The SMILES string of the molecule is CCCCCCCCCOC(=O)C=CC(=O)OCCCCCCCC. The Balaban J connectivity index is 3.46. The van der Waals surface area contributed by atoms with Gasteiger partial charge in [-0.3, -0.25) is 0 Å². The van der Waals surface area contributed by atoms with Gasteiger partial charge in [-0.25, -0.2) is 9.59 Å². The Morgan fingerprint density at radius 1 is 0.560 bits per heavy atom. The first-order chi connectivity index (χ1) is 12.2. The highest BCUT2D eigenvalue weighted by Gasteiger charge is 2.01. The molecule has 0 heterocycles. The van der Waals surface area contributed by atoms with Crippen LogP contribution in [0.1, 0.15) is 97.3 Å². The van der Waals surface area contributed by atoms with Gasteiger partial charge in [-0.05, 0) is 12.8 Å². The van der Waals surface area contributed by atoms with Gasteiger partial charge >= 0.3 is 11.9 Å². The molecule has 0 aromatic rings. The normalized spacial score (nSPS) is 11.0. The summed E-state index contributed by atoms with van der Waals surface area (Å²) in [7, 11) is 0. The minimum atomic E-state index is -0.471. The summed E-state index contributed by atoms with van der Waals surface area (Å²) in [4.78, 5) is 22.9. The van der Waals surface area contributed by atoms with E-state index in [1.807, 2.05) is 0 Å². The van der Waals surface area contributed by atoms with Gasteiger partial charge in [-0.1, -0.05) is 84.5 Å². The molecule has 4 heteroatoms. The first-order valence-corrected chi connectivity index (χ1v) is 10.2. The quantitative estimate of drug-likeness (QED) is 0.190. The lowest BCUT2D eigenvalue weighted by Gasteiger charge is -2.03. The van der Waals surface area contributed by atoms with Gasteiger partial charge in [0.25, 0.3) is 0 Å². The molecule has 0 aromatic heterocycles. The van der Waals surface area contributed by atoms with Crippen molar-refractivity contribution in [3.8, 4) is 0 Å². The maximum absolute atomic E-state index is 11.5. The second-order valence-electron chi connectivity index (χ2n) is 6.56. The minimum Gasteiger partial charge on any atom is -0.463 e. The maximum atomic E-state index is 11.5. The Hall–Kier alpha value is -1.32. The molecule has 0 saturated carbocycles. The molecule has 0 aromatic carbocycles. The van der Waals surface area contributed by atoms with Crippen LogP contribution in [0.3, 0.4) is 0 Å². The zero-order chi connectivity index (χ0) is 18.6. The molecule has 0 saturated heterocycles. The molecule has 0 atom stereocenters. The third-order valence-corrected chi connectivity index (χ3v) is 4.09. The second kappa shape index (κ2) is 19.0. The van der Waals surface area contributed by atoms with Gasteiger partial charge in [-0.15, -0.1) is 0 Å². The number of unbranched alkanes of at least 4 members (excludes halogenated alkanes) is 11. The summed E-state index contributed by atoms with van der Waals surface area (Å²) in [6.45, 7) is 5.23. The van der Waals surface area contributed by atoms with Crippen LogP contribution in [-0.4, -0.2) is 25.2 Å². The van der Waals surface area contributed by atoms with E-state index in [1.54, 1.807) is 0 Å². The summed E-state index contributed by atoms with van der Waals surface area (Å²) >= 11 is 0. The van der Waals surface area contributed by atoms with Gasteiger partial charge < -0.3 is 9.47 Å².